The van der Waals surface area contributed by atoms with Gasteiger partial charge in [-0.25, -0.2) is 0 Å². The number of likely N-dealkylation sites (N-methyl/N-ethyl adjacent to an activating group) is 1. The zero-order chi connectivity index (χ0) is 45.0. The maximum absolute atomic E-state index is 12.6. The van der Waals surface area contributed by atoms with E-state index in [9.17, 15) is 9.59 Å². The first-order valence-corrected chi connectivity index (χ1v) is 27.9. The van der Waals surface area contributed by atoms with Crippen molar-refractivity contribution in [2.24, 2.45) is 11.8 Å². The SMILES string of the molecule is CCCCCCC(CCCCCC)COC(=O)CCCCCCCCC(CCCCCCCCC(=O)OCC(CCCCCC)CCCCCC)NCCCN1CCN(C)CC1. The number of esters is 2. The van der Waals surface area contributed by atoms with E-state index in [2.05, 4.69) is 49.9 Å². The molecule has 0 amide bonds. The third-order valence-electron chi connectivity index (χ3n) is 13.9. The van der Waals surface area contributed by atoms with Gasteiger partial charge in [0.2, 0.25) is 0 Å². The standard InChI is InChI=1S/C55H109N3O4/c1-6-10-14-26-35-51(36-27-15-11-7-2)49-61-54(59)41-32-24-20-18-22-30-39-53(56-43-34-44-58-47-45-57(5)46-48-58)40-31-23-19-21-25-33-42-55(60)62-50-52(37-28-16-12-8-3)38-29-17-13-9-4/h51-53,56H,6-50H2,1-5H3. The highest BCUT2D eigenvalue weighted by Gasteiger charge is 2.16. The number of hydrogen-bond donors (Lipinski definition) is 1. The predicted molar refractivity (Wildman–Crippen MR) is 268 cm³/mol. The minimum Gasteiger partial charge on any atom is -0.465 e. The van der Waals surface area contributed by atoms with E-state index in [4.69, 9.17) is 9.47 Å². The van der Waals surface area contributed by atoms with E-state index < -0.39 is 0 Å². The molecule has 1 saturated heterocycles. The number of piperazine rings is 1. The Hall–Kier alpha value is -1.18. The van der Waals surface area contributed by atoms with Gasteiger partial charge < -0.3 is 24.6 Å². The molecule has 1 heterocycles. The van der Waals surface area contributed by atoms with Crippen LogP contribution in [0, 0.1) is 11.8 Å². The molecule has 0 radical (unpaired) electrons. The first kappa shape index (κ1) is 58.8. The number of carbonyl (C=O) groups is 2. The Morgan fingerprint density at radius 3 is 1.16 bits per heavy atom. The van der Waals surface area contributed by atoms with Crippen molar-refractivity contribution in [1.29, 1.82) is 0 Å². The van der Waals surface area contributed by atoms with Crippen LogP contribution in [-0.2, 0) is 19.1 Å². The maximum atomic E-state index is 12.6. The van der Waals surface area contributed by atoms with Gasteiger partial charge in [0.15, 0.2) is 0 Å². The van der Waals surface area contributed by atoms with Crippen LogP contribution < -0.4 is 5.32 Å². The lowest BCUT2D eigenvalue weighted by Crippen LogP contribution is -2.45. The van der Waals surface area contributed by atoms with E-state index >= 15 is 0 Å². The monoisotopic (exact) mass is 876 g/mol. The molecule has 1 aliphatic heterocycles. The molecule has 0 spiro atoms. The number of hydrogen-bond acceptors (Lipinski definition) is 7. The van der Waals surface area contributed by atoms with Gasteiger partial charge in [-0.1, -0.05) is 195 Å². The second-order valence-electron chi connectivity index (χ2n) is 20.0. The number of nitrogens with one attached hydrogen (secondary N) is 1. The largest absolute Gasteiger partial charge is 0.465 e. The maximum Gasteiger partial charge on any atom is 0.305 e. The average Bonchev–Trinajstić information content (AvgIpc) is 3.27. The van der Waals surface area contributed by atoms with Gasteiger partial charge in [-0.05, 0) is 89.8 Å². The van der Waals surface area contributed by atoms with Crippen molar-refractivity contribution < 1.29 is 19.1 Å². The van der Waals surface area contributed by atoms with Gasteiger partial charge in [0.1, 0.15) is 0 Å². The van der Waals surface area contributed by atoms with Gasteiger partial charge >= 0.3 is 11.9 Å². The predicted octanol–water partition coefficient (Wildman–Crippen LogP) is 15.0. The Balaban J connectivity index is 2.30. The summed E-state index contributed by atoms with van der Waals surface area (Å²) in [6, 6.07) is 0.622. The molecule has 0 bridgehead atoms. The molecule has 0 aromatic rings. The summed E-state index contributed by atoms with van der Waals surface area (Å²) in [6.07, 6.45) is 44.9. The van der Waals surface area contributed by atoms with Gasteiger partial charge in [0.05, 0.1) is 13.2 Å². The van der Waals surface area contributed by atoms with E-state index in [0.29, 0.717) is 43.9 Å². The smallest absolute Gasteiger partial charge is 0.305 e. The fourth-order valence-corrected chi connectivity index (χ4v) is 9.39. The number of nitrogens with zero attached hydrogens (tertiary/aromatic N) is 2. The second-order valence-corrected chi connectivity index (χ2v) is 20.0. The Morgan fingerprint density at radius 1 is 0.435 bits per heavy atom. The molecule has 1 fully saturated rings. The minimum atomic E-state index is 0.0267. The molecule has 1 aliphatic rings. The first-order chi connectivity index (χ1) is 30.4. The molecule has 0 aromatic carbocycles. The van der Waals surface area contributed by atoms with Crippen molar-refractivity contribution in [3.8, 4) is 0 Å². The highest BCUT2D eigenvalue weighted by atomic mass is 16.5. The molecule has 0 aliphatic carbocycles. The van der Waals surface area contributed by atoms with Crippen molar-refractivity contribution in [2.75, 3.05) is 59.5 Å². The van der Waals surface area contributed by atoms with Crippen molar-refractivity contribution in [2.45, 2.75) is 271 Å². The summed E-state index contributed by atoms with van der Waals surface area (Å²) in [5.41, 5.74) is 0. The van der Waals surface area contributed by atoms with Crippen LogP contribution in [0.4, 0.5) is 0 Å². The Morgan fingerprint density at radius 2 is 0.774 bits per heavy atom. The summed E-state index contributed by atoms with van der Waals surface area (Å²) < 4.78 is 11.6. The van der Waals surface area contributed by atoms with Crippen LogP contribution in [0.5, 0.6) is 0 Å². The molecular weight excluding hydrogens is 767 g/mol. The lowest BCUT2D eigenvalue weighted by molar-refractivity contribution is -0.146. The van der Waals surface area contributed by atoms with Gasteiger partial charge in [0, 0.05) is 45.1 Å². The van der Waals surface area contributed by atoms with Crippen molar-refractivity contribution >= 4 is 11.9 Å². The zero-order valence-corrected chi connectivity index (χ0v) is 42.6. The summed E-state index contributed by atoms with van der Waals surface area (Å²) in [7, 11) is 2.24. The molecule has 0 aromatic heterocycles. The van der Waals surface area contributed by atoms with E-state index in [1.165, 1.54) is 232 Å². The van der Waals surface area contributed by atoms with E-state index in [-0.39, 0.29) is 11.9 Å². The summed E-state index contributed by atoms with van der Waals surface area (Å²) >= 11 is 0. The molecule has 62 heavy (non-hydrogen) atoms. The van der Waals surface area contributed by atoms with Gasteiger partial charge in [-0.3, -0.25) is 9.59 Å². The lowest BCUT2D eigenvalue weighted by Gasteiger charge is -2.32. The highest BCUT2D eigenvalue weighted by Crippen LogP contribution is 2.22. The molecular formula is C55H109N3O4. The fourth-order valence-electron chi connectivity index (χ4n) is 9.39. The number of unbranched alkanes of at least 4 members (excludes halogenated alkanes) is 22. The summed E-state index contributed by atoms with van der Waals surface area (Å²) in [6.45, 7) is 17.5. The van der Waals surface area contributed by atoms with E-state index in [1.54, 1.807) is 0 Å². The fraction of sp³-hybridized carbons (Fsp3) is 0.964. The highest BCUT2D eigenvalue weighted by molar-refractivity contribution is 5.69. The lowest BCUT2D eigenvalue weighted by atomic mass is 9.95. The third kappa shape index (κ3) is 38.1. The second kappa shape index (κ2) is 45.0. The quantitative estimate of drug-likeness (QED) is 0.0482. The summed E-state index contributed by atoms with van der Waals surface area (Å²) in [5, 5.41) is 3.98. The first-order valence-electron chi connectivity index (χ1n) is 27.9. The van der Waals surface area contributed by atoms with Gasteiger partial charge in [-0.2, -0.15) is 0 Å². The Bertz CT molecular complexity index is 873. The number of ether oxygens (including phenoxy) is 2. The van der Waals surface area contributed by atoms with Crippen LogP contribution in [0.15, 0.2) is 0 Å². The Labute approximate surface area is 387 Å². The van der Waals surface area contributed by atoms with Crippen LogP contribution in [0.25, 0.3) is 0 Å². The average molecular weight is 876 g/mol. The molecule has 7 nitrogen and oxygen atoms in total. The van der Waals surface area contributed by atoms with E-state index in [0.717, 1.165) is 32.2 Å². The molecule has 0 atom stereocenters. The molecule has 1 N–H and O–H groups in total. The van der Waals surface area contributed by atoms with Gasteiger partial charge in [0.25, 0.3) is 0 Å². The number of carbonyl (C=O) groups excluding carboxylic acids is 2. The minimum absolute atomic E-state index is 0.0267. The third-order valence-corrected chi connectivity index (χ3v) is 13.9. The Kier molecular flexibility index (Phi) is 42.7. The molecule has 1 rings (SSSR count). The summed E-state index contributed by atoms with van der Waals surface area (Å²) in [4.78, 5) is 30.3. The normalized spacial score (nSPS) is 13.9. The van der Waals surface area contributed by atoms with Crippen LogP contribution in [0.3, 0.4) is 0 Å². The van der Waals surface area contributed by atoms with Crippen molar-refractivity contribution in [3.63, 3.8) is 0 Å². The topological polar surface area (TPSA) is 71.1 Å². The van der Waals surface area contributed by atoms with Crippen LogP contribution in [0.2, 0.25) is 0 Å². The molecule has 368 valence electrons. The number of rotatable bonds is 47. The van der Waals surface area contributed by atoms with Crippen molar-refractivity contribution in [3.05, 3.63) is 0 Å². The summed E-state index contributed by atoms with van der Waals surface area (Å²) in [5.74, 6) is 1.15. The molecule has 0 saturated carbocycles. The van der Waals surface area contributed by atoms with Crippen LogP contribution >= 0.6 is 0 Å². The van der Waals surface area contributed by atoms with Crippen LogP contribution in [-0.4, -0.2) is 87.3 Å². The van der Waals surface area contributed by atoms with Crippen molar-refractivity contribution in [1.82, 2.24) is 15.1 Å². The van der Waals surface area contributed by atoms with Gasteiger partial charge in [-0.15, -0.1) is 0 Å². The molecule has 0 unspecified atom stereocenters. The van der Waals surface area contributed by atoms with Crippen LogP contribution in [0.1, 0.15) is 265 Å². The van der Waals surface area contributed by atoms with E-state index in [1.807, 2.05) is 0 Å². The molecule has 7 heteroatoms. The zero-order valence-electron chi connectivity index (χ0n) is 42.6.